The quantitative estimate of drug-likeness (QED) is 0.0731. The molecule has 36 heavy (non-hydrogen) atoms. The molecule has 0 aliphatic rings. The SMILES string of the molecule is CC(C)(C)C(=[OH+])/C=C(\O)C(C)(C)C.Cc1[c-]ccc(C)c1.[Ir].c1ccc2c(c1)ccc1cnccc12. The van der Waals surface area contributed by atoms with Gasteiger partial charge in [-0.3, -0.25) is 9.78 Å². The first kappa shape index (κ1) is 31.2. The monoisotopic (exact) mass is 662 g/mol. The van der Waals surface area contributed by atoms with E-state index >= 15 is 0 Å². The van der Waals surface area contributed by atoms with Gasteiger partial charge in [-0.05, 0) is 43.0 Å². The summed E-state index contributed by atoms with van der Waals surface area (Å²) in [6, 6.07) is 23.9. The van der Waals surface area contributed by atoms with Crippen molar-refractivity contribution in [2.75, 3.05) is 0 Å². The minimum atomic E-state index is -0.306. The van der Waals surface area contributed by atoms with E-state index < -0.39 is 0 Å². The molecule has 0 bridgehead atoms. The van der Waals surface area contributed by atoms with Crippen LogP contribution in [-0.4, -0.2) is 20.7 Å². The van der Waals surface area contributed by atoms with Crippen LogP contribution >= 0.6 is 0 Å². The Balaban J connectivity index is 0.000000276. The van der Waals surface area contributed by atoms with Gasteiger partial charge in [-0.1, -0.05) is 71.0 Å². The smallest absolute Gasteiger partial charge is 0.325 e. The zero-order valence-electron chi connectivity index (χ0n) is 22.7. The van der Waals surface area contributed by atoms with Gasteiger partial charge in [0.25, 0.3) is 0 Å². The Morgan fingerprint density at radius 2 is 1.47 bits per heavy atom. The second-order valence-corrected chi connectivity index (χ2v) is 10.8. The van der Waals surface area contributed by atoms with E-state index in [0.29, 0.717) is 0 Å². The molecule has 0 saturated carbocycles. The Hall–Kier alpha value is -2.81. The molecule has 0 aliphatic carbocycles. The van der Waals surface area contributed by atoms with Crippen molar-refractivity contribution in [1.29, 1.82) is 0 Å². The number of allylic oxidation sites excluding steroid dienone is 2. The van der Waals surface area contributed by atoms with Crippen molar-refractivity contribution >= 4 is 27.3 Å². The minimum absolute atomic E-state index is 0. The molecule has 0 aliphatic heterocycles. The molecular formula is C32H39IrNO2. The van der Waals surface area contributed by atoms with E-state index in [1.165, 1.54) is 38.7 Å². The van der Waals surface area contributed by atoms with E-state index in [1.54, 1.807) is 0 Å². The first-order chi connectivity index (χ1) is 16.3. The third-order valence-corrected chi connectivity index (χ3v) is 5.46. The Bertz CT molecular complexity index is 1240. The molecule has 0 unspecified atom stereocenters. The predicted octanol–water partition coefficient (Wildman–Crippen LogP) is 8.55. The number of hydrogen-bond donors (Lipinski definition) is 1. The molecule has 3 nitrogen and oxygen atoms in total. The van der Waals surface area contributed by atoms with Crippen LogP contribution in [-0.2, 0) is 20.1 Å². The van der Waals surface area contributed by atoms with Crippen LogP contribution < -0.4 is 0 Å². The minimum Gasteiger partial charge on any atom is -0.511 e. The first-order valence-electron chi connectivity index (χ1n) is 11.9. The van der Waals surface area contributed by atoms with Gasteiger partial charge < -0.3 is 5.11 Å². The molecule has 4 rings (SSSR count). The van der Waals surface area contributed by atoms with Crippen LogP contribution in [0.2, 0.25) is 0 Å². The summed E-state index contributed by atoms with van der Waals surface area (Å²) in [6.45, 7) is 15.5. The summed E-state index contributed by atoms with van der Waals surface area (Å²) < 4.78 is 0. The molecule has 1 aromatic heterocycles. The maximum absolute atomic E-state index is 9.60. The van der Waals surface area contributed by atoms with Gasteiger partial charge in [-0.2, -0.15) is 35.4 Å². The Morgan fingerprint density at radius 3 is 2.03 bits per heavy atom. The molecule has 0 spiro atoms. The van der Waals surface area contributed by atoms with Crippen molar-refractivity contribution in [3.05, 3.63) is 102 Å². The van der Waals surface area contributed by atoms with Gasteiger partial charge in [-0.25, -0.2) is 0 Å². The van der Waals surface area contributed by atoms with Gasteiger partial charge in [-0.15, -0.1) is 0 Å². The molecule has 3 aromatic carbocycles. The summed E-state index contributed by atoms with van der Waals surface area (Å²) in [6.07, 6.45) is 5.19. The van der Waals surface area contributed by atoms with E-state index in [-0.39, 0.29) is 42.5 Å². The first-order valence-corrected chi connectivity index (χ1v) is 11.9. The largest absolute Gasteiger partial charge is 0.511 e. The molecule has 0 fully saturated rings. The van der Waals surface area contributed by atoms with E-state index in [1.807, 2.05) is 73.0 Å². The third-order valence-electron chi connectivity index (χ3n) is 5.46. The number of ketones is 1. The molecule has 2 N–H and O–H groups in total. The van der Waals surface area contributed by atoms with E-state index in [0.717, 1.165) is 0 Å². The Labute approximate surface area is 230 Å². The number of hydrogen-bond acceptors (Lipinski definition) is 2. The van der Waals surface area contributed by atoms with Gasteiger partial charge in [0.15, 0.2) is 0 Å². The van der Waals surface area contributed by atoms with Crippen molar-refractivity contribution in [1.82, 2.24) is 4.98 Å². The fraction of sp³-hybridized carbons (Fsp3) is 0.312. The number of benzene rings is 3. The van der Waals surface area contributed by atoms with Crippen LogP contribution in [0, 0.1) is 30.7 Å². The average Bonchev–Trinajstić information content (AvgIpc) is 2.78. The number of pyridine rings is 1. The van der Waals surface area contributed by atoms with Crippen molar-refractivity contribution in [3.8, 4) is 0 Å². The number of fused-ring (bicyclic) bond motifs is 3. The summed E-state index contributed by atoms with van der Waals surface area (Å²) in [5, 5.41) is 14.7. The van der Waals surface area contributed by atoms with Crippen LogP contribution in [0.25, 0.3) is 21.5 Å². The number of aliphatic hydroxyl groups is 1. The van der Waals surface area contributed by atoms with E-state index in [2.05, 4.69) is 66.5 Å². The van der Waals surface area contributed by atoms with Crippen molar-refractivity contribution in [2.45, 2.75) is 55.4 Å². The van der Waals surface area contributed by atoms with Gasteiger partial charge in [0, 0.05) is 43.3 Å². The average molecular weight is 662 g/mol. The molecular weight excluding hydrogens is 623 g/mol. The van der Waals surface area contributed by atoms with Crippen molar-refractivity contribution < 1.29 is 30.0 Å². The normalized spacial score (nSPS) is 11.5. The molecule has 0 amide bonds. The maximum Gasteiger partial charge on any atom is 0.325 e. The summed E-state index contributed by atoms with van der Waals surface area (Å²) in [5.74, 6) is 0.417. The van der Waals surface area contributed by atoms with Gasteiger partial charge >= 0.3 is 5.78 Å². The van der Waals surface area contributed by atoms with Crippen molar-refractivity contribution in [3.63, 3.8) is 0 Å². The van der Waals surface area contributed by atoms with Crippen LogP contribution in [0.5, 0.6) is 0 Å². The summed E-state index contributed by atoms with van der Waals surface area (Å²) in [7, 11) is 0. The second kappa shape index (κ2) is 13.5. The fourth-order valence-electron chi connectivity index (χ4n) is 3.15. The fourth-order valence-corrected chi connectivity index (χ4v) is 3.15. The number of nitrogens with zero attached hydrogens (tertiary/aromatic N) is 1. The number of aromatic nitrogens is 1. The molecule has 0 saturated heterocycles. The van der Waals surface area contributed by atoms with Crippen LogP contribution in [0.15, 0.2) is 84.9 Å². The molecule has 193 valence electrons. The van der Waals surface area contributed by atoms with Crippen molar-refractivity contribution in [2.24, 2.45) is 10.8 Å². The zero-order valence-corrected chi connectivity index (χ0v) is 25.1. The second-order valence-electron chi connectivity index (χ2n) is 10.8. The van der Waals surface area contributed by atoms with Gasteiger partial charge in [0.1, 0.15) is 5.76 Å². The van der Waals surface area contributed by atoms with Gasteiger partial charge in [0.2, 0.25) is 0 Å². The summed E-state index contributed by atoms with van der Waals surface area (Å²) in [5.41, 5.74) is 1.91. The Kier molecular flexibility index (Phi) is 11.7. The zero-order chi connectivity index (χ0) is 26.2. The van der Waals surface area contributed by atoms with E-state index in [4.69, 9.17) is 0 Å². The molecule has 0 atom stereocenters. The third kappa shape index (κ3) is 9.68. The number of aliphatic hydroxyl groups excluding tert-OH is 1. The number of carbonyl (C=O) groups excluding carboxylic acids is 1. The van der Waals surface area contributed by atoms with Gasteiger partial charge in [0.05, 0.1) is 11.5 Å². The van der Waals surface area contributed by atoms with E-state index in [9.17, 15) is 9.90 Å². The topological polar surface area (TPSA) is 54.5 Å². The maximum atomic E-state index is 9.60. The van der Waals surface area contributed by atoms with Crippen LogP contribution in [0.3, 0.4) is 0 Å². The summed E-state index contributed by atoms with van der Waals surface area (Å²) >= 11 is 0. The van der Waals surface area contributed by atoms with Crippen LogP contribution in [0.4, 0.5) is 0 Å². The number of rotatable bonds is 1. The number of aryl methyl sites for hydroxylation is 2. The molecule has 4 heteroatoms. The molecule has 4 aromatic rings. The summed E-state index contributed by atoms with van der Waals surface area (Å²) in [4.78, 5) is 13.7. The standard InChI is InChI=1S/C13H9N.C11H20O2.C8H9.Ir/c1-2-4-12-10(3-1)5-6-11-9-14-8-7-13(11)12;1-10(2,3)8(12)7-9(13)11(4,5)6;1-7-4-3-5-8(2)6-7;/h1-9H;7,12H,1-6H3;3-4,6H,1-2H3;/q;;-1;/p+1/b;8-7-;;. The molecule has 1 heterocycles. The predicted molar refractivity (Wildman–Crippen MR) is 151 cm³/mol. The molecule has 1 radical (unpaired) electrons. The van der Waals surface area contributed by atoms with Crippen LogP contribution in [0.1, 0.15) is 52.7 Å². The Morgan fingerprint density at radius 1 is 0.861 bits per heavy atom.